The van der Waals surface area contributed by atoms with E-state index < -0.39 is 0 Å². The van der Waals surface area contributed by atoms with Gasteiger partial charge in [0, 0.05) is 12.2 Å². The van der Waals surface area contributed by atoms with Gasteiger partial charge in [-0.1, -0.05) is 18.2 Å². The van der Waals surface area contributed by atoms with Crippen LogP contribution < -0.4 is 5.32 Å². The van der Waals surface area contributed by atoms with Gasteiger partial charge in [-0.25, -0.2) is 0 Å². The Morgan fingerprint density at radius 1 is 1.18 bits per heavy atom. The Hall–Kier alpha value is -2.26. The minimum Gasteiger partial charge on any atom is -0.383 e. The molecule has 0 bridgehead atoms. The van der Waals surface area contributed by atoms with E-state index in [1.54, 1.807) is 6.92 Å². The van der Waals surface area contributed by atoms with Crippen LogP contribution in [0.15, 0.2) is 29.5 Å². The quantitative estimate of drug-likeness (QED) is 0.804. The van der Waals surface area contributed by atoms with E-state index >= 15 is 0 Å². The maximum atomic E-state index is 8.70. The highest BCUT2D eigenvalue weighted by Crippen LogP contribution is 2.10. The van der Waals surface area contributed by atoms with Crippen molar-refractivity contribution in [1.82, 2.24) is 5.32 Å². The highest BCUT2D eigenvalue weighted by Gasteiger charge is 2.01. The first-order valence-electron chi connectivity index (χ1n) is 5.39. The van der Waals surface area contributed by atoms with Gasteiger partial charge in [0.25, 0.3) is 0 Å². The van der Waals surface area contributed by atoms with Crippen LogP contribution in [-0.2, 0) is 6.54 Å². The summed E-state index contributed by atoms with van der Waals surface area (Å²) >= 11 is 0. The van der Waals surface area contributed by atoms with Gasteiger partial charge in [-0.3, -0.25) is 0 Å². The van der Waals surface area contributed by atoms with Gasteiger partial charge in [0.05, 0.1) is 0 Å². The molecule has 1 aromatic carbocycles. The van der Waals surface area contributed by atoms with Gasteiger partial charge in [0.1, 0.15) is 17.7 Å². The van der Waals surface area contributed by atoms with E-state index in [0.717, 1.165) is 5.56 Å². The number of nitriles is 2. The summed E-state index contributed by atoms with van der Waals surface area (Å²) in [5, 5.41) is 20.5. The zero-order valence-corrected chi connectivity index (χ0v) is 10.3. The molecule has 0 aliphatic carbocycles. The third-order valence-electron chi connectivity index (χ3n) is 2.73. The molecule has 0 atom stereocenters. The third-order valence-corrected chi connectivity index (χ3v) is 2.73. The molecule has 0 spiro atoms. The highest BCUT2D eigenvalue weighted by molar-refractivity contribution is 5.39. The number of hydrogen-bond donors (Lipinski definition) is 1. The summed E-state index contributed by atoms with van der Waals surface area (Å²) in [5.41, 5.74) is 4.40. The van der Waals surface area contributed by atoms with Crippen LogP contribution in [0.5, 0.6) is 0 Å². The maximum absolute atomic E-state index is 8.70. The second kappa shape index (κ2) is 5.72. The van der Waals surface area contributed by atoms with Crippen molar-refractivity contribution in [1.29, 1.82) is 10.5 Å². The molecule has 0 saturated heterocycles. The van der Waals surface area contributed by atoms with Gasteiger partial charge in [0.15, 0.2) is 0 Å². The van der Waals surface area contributed by atoms with Crippen LogP contribution in [0.3, 0.4) is 0 Å². The predicted molar refractivity (Wildman–Crippen MR) is 66.7 cm³/mol. The van der Waals surface area contributed by atoms with E-state index in [-0.39, 0.29) is 5.57 Å². The van der Waals surface area contributed by atoms with Crippen molar-refractivity contribution in [2.75, 3.05) is 0 Å². The number of benzene rings is 1. The van der Waals surface area contributed by atoms with E-state index in [1.807, 2.05) is 18.2 Å². The van der Waals surface area contributed by atoms with Crippen LogP contribution in [0.1, 0.15) is 23.6 Å². The van der Waals surface area contributed by atoms with Crippen molar-refractivity contribution in [3.63, 3.8) is 0 Å². The van der Waals surface area contributed by atoms with E-state index in [4.69, 9.17) is 10.5 Å². The SMILES string of the molecule is CC(NCc1ccc(C)c(C)c1)=C(C#N)C#N. The Labute approximate surface area is 102 Å². The summed E-state index contributed by atoms with van der Waals surface area (Å²) in [5.74, 6) is 0. The van der Waals surface area contributed by atoms with Crippen molar-refractivity contribution < 1.29 is 0 Å². The molecule has 0 amide bonds. The second-order valence-electron chi connectivity index (χ2n) is 4.00. The average molecular weight is 225 g/mol. The largest absolute Gasteiger partial charge is 0.383 e. The van der Waals surface area contributed by atoms with Crippen LogP contribution in [-0.4, -0.2) is 0 Å². The van der Waals surface area contributed by atoms with Gasteiger partial charge in [-0.2, -0.15) is 10.5 Å². The molecule has 3 heteroatoms. The molecule has 0 aromatic heterocycles. The molecule has 0 radical (unpaired) electrons. The summed E-state index contributed by atoms with van der Waals surface area (Å²) in [7, 11) is 0. The molecule has 0 aliphatic rings. The summed E-state index contributed by atoms with van der Waals surface area (Å²) in [6.07, 6.45) is 0. The van der Waals surface area contributed by atoms with Crippen LogP contribution in [0.2, 0.25) is 0 Å². The second-order valence-corrected chi connectivity index (χ2v) is 4.00. The number of nitrogens with zero attached hydrogens (tertiary/aromatic N) is 2. The molecule has 0 fully saturated rings. The standard InChI is InChI=1S/C14H15N3/c1-10-4-5-13(6-11(10)2)9-17-12(3)14(7-15)8-16/h4-6,17H,9H2,1-3H3. The third kappa shape index (κ3) is 3.36. The molecule has 3 nitrogen and oxygen atoms in total. The lowest BCUT2D eigenvalue weighted by molar-refractivity contribution is 0.806. The fourth-order valence-corrected chi connectivity index (χ4v) is 1.43. The average Bonchev–Trinajstić information content (AvgIpc) is 2.32. The zero-order valence-electron chi connectivity index (χ0n) is 10.3. The summed E-state index contributed by atoms with van der Waals surface area (Å²) in [4.78, 5) is 0. The summed E-state index contributed by atoms with van der Waals surface area (Å²) in [6, 6.07) is 9.95. The number of rotatable bonds is 3. The molecule has 1 rings (SSSR count). The highest BCUT2D eigenvalue weighted by atomic mass is 14.9. The van der Waals surface area contributed by atoms with Crippen LogP contribution >= 0.6 is 0 Å². The van der Waals surface area contributed by atoms with E-state index in [1.165, 1.54) is 11.1 Å². The van der Waals surface area contributed by atoms with Crippen LogP contribution in [0, 0.1) is 36.5 Å². The first-order valence-corrected chi connectivity index (χ1v) is 5.39. The molecule has 1 aromatic rings. The molecule has 86 valence electrons. The first-order chi connectivity index (χ1) is 8.08. The Morgan fingerprint density at radius 3 is 2.35 bits per heavy atom. The predicted octanol–water partition coefficient (Wildman–Crippen LogP) is 2.71. The molecule has 0 unspecified atom stereocenters. The summed E-state index contributed by atoms with van der Waals surface area (Å²) in [6.45, 7) is 6.50. The summed E-state index contributed by atoms with van der Waals surface area (Å²) < 4.78 is 0. The Bertz CT molecular complexity index is 511. The number of allylic oxidation sites excluding steroid dienone is 2. The van der Waals surface area contributed by atoms with Crippen molar-refractivity contribution in [3.05, 3.63) is 46.2 Å². The molecule has 17 heavy (non-hydrogen) atoms. The Balaban J connectivity index is 2.76. The molecule has 0 saturated carbocycles. The monoisotopic (exact) mass is 225 g/mol. The van der Waals surface area contributed by atoms with Crippen molar-refractivity contribution in [2.45, 2.75) is 27.3 Å². The molecular weight excluding hydrogens is 210 g/mol. The fourth-order valence-electron chi connectivity index (χ4n) is 1.43. The number of hydrogen-bond acceptors (Lipinski definition) is 3. The molecule has 1 N–H and O–H groups in total. The smallest absolute Gasteiger partial charge is 0.148 e. The minimum absolute atomic E-state index is 0.133. The van der Waals surface area contributed by atoms with Gasteiger partial charge in [-0.05, 0) is 37.5 Å². The minimum atomic E-state index is 0.133. The first kappa shape index (κ1) is 12.8. The van der Waals surface area contributed by atoms with Gasteiger partial charge < -0.3 is 5.32 Å². The zero-order chi connectivity index (χ0) is 12.8. The van der Waals surface area contributed by atoms with E-state index in [0.29, 0.717) is 12.2 Å². The fraction of sp³-hybridized carbons (Fsp3) is 0.286. The normalized spacial score (nSPS) is 9.00. The van der Waals surface area contributed by atoms with E-state index in [2.05, 4.69) is 31.3 Å². The topological polar surface area (TPSA) is 59.6 Å². The van der Waals surface area contributed by atoms with Gasteiger partial charge >= 0.3 is 0 Å². The molecule has 0 aliphatic heterocycles. The Kier molecular flexibility index (Phi) is 4.31. The number of aryl methyl sites for hydroxylation is 2. The van der Waals surface area contributed by atoms with Crippen LogP contribution in [0.25, 0.3) is 0 Å². The van der Waals surface area contributed by atoms with Crippen LogP contribution in [0.4, 0.5) is 0 Å². The number of nitrogens with one attached hydrogen (secondary N) is 1. The van der Waals surface area contributed by atoms with E-state index in [9.17, 15) is 0 Å². The lowest BCUT2D eigenvalue weighted by Gasteiger charge is -2.08. The van der Waals surface area contributed by atoms with Gasteiger partial charge in [0.2, 0.25) is 0 Å². The molecule has 0 heterocycles. The van der Waals surface area contributed by atoms with Crippen molar-refractivity contribution >= 4 is 0 Å². The lowest BCUT2D eigenvalue weighted by Crippen LogP contribution is -2.12. The lowest BCUT2D eigenvalue weighted by atomic mass is 10.1. The molecular formula is C14H15N3. The maximum Gasteiger partial charge on any atom is 0.148 e. The van der Waals surface area contributed by atoms with Crippen molar-refractivity contribution in [3.8, 4) is 12.1 Å². The Morgan fingerprint density at radius 2 is 1.82 bits per heavy atom. The van der Waals surface area contributed by atoms with Crippen molar-refractivity contribution in [2.24, 2.45) is 0 Å². The van der Waals surface area contributed by atoms with Gasteiger partial charge in [-0.15, -0.1) is 0 Å².